The van der Waals surface area contributed by atoms with Gasteiger partial charge in [0.15, 0.2) is 0 Å². The lowest BCUT2D eigenvalue weighted by Gasteiger charge is -2.08. The Labute approximate surface area is 117 Å². The van der Waals surface area contributed by atoms with Gasteiger partial charge in [-0.2, -0.15) is 0 Å². The zero-order valence-corrected chi connectivity index (χ0v) is 11.4. The Bertz CT molecular complexity index is 596. The van der Waals surface area contributed by atoms with Crippen molar-refractivity contribution in [1.82, 2.24) is 0 Å². The smallest absolute Gasteiger partial charge is 0.335 e. The maximum atomic E-state index is 12.7. The molecule has 19 heavy (non-hydrogen) atoms. The van der Waals surface area contributed by atoms with Gasteiger partial charge in [0.2, 0.25) is 0 Å². The average molecular weight is 325 g/mol. The predicted octanol–water partition coefficient (Wildman–Crippen LogP) is 3.87. The van der Waals surface area contributed by atoms with Gasteiger partial charge in [0.1, 0.15) is 18.2 Å². The SMILES string of the molecule is O=C(O)c1ccc(COc2ccc(F)cc2)c(Br)c1. The van der Waals surface area contributed by atoms with E-state index >= 15 is 0 Å². The van der Waals surface area contributed by atoms with Crippen LogP contribution in [0.4, 0.5) is 4.39 Å². The van der Waals surface area contributed by atoms with E-state index < -0.39 is 5.97 Å². The van der Waals surface area contributed by atoms with E-state index in [0.717, 1.165) is 5.56 Å². The third-order valence-corrected chi connectivity index (χ3v) is 3.25. The first-order valence-electron chi connectivity index (χ1n) is 5.46. The number of carboxylic acids is 1. The molecule has 0 heterocycles. The third-order valence-electron chi connectivity index (χ3n) is 2.51. The van der Waals surface area contributed by atoms with E-state index in [-0.39, 0.29) is 18.0 Å². The van der Waals surface area contributed by atoms with Crippen molar-refractivity contribution in [3.8, 4) is 5.75 Å². The molecule has 0 aliphatic rings. The van der Waals surface area contributed by atoms with Gasteiger partial charge in [0, 0.05) is 10.0 Å². The lowest BCUT2D eigenvalue weighted by atomic mass is 10.1. The van der Waals surface area contributed by atoms with Crippen molar-refractivity contribution < 1.29 is 19.0 Å². The molecule has 0 saturated carbocycles. The van der Waals surface area contributed by atoms with Crippen LogP contribution in [0, 0.1) is 5.82 Å². The normalized spacial score (nSPS) is 10.2. The van der Waals surface area contributed by atoms with Gasteiger partial charge in [-0.25, -0.2) is 9.18 Å². The molecule has 0 aliphatic carbocycles. The molecule has 2 rings (SSSR count). The Morgan fingerprint density at radius 2 is 1.89 bits per heavy atom. The zero-order chi connectivity index (χ0) is 13.8. The summed E-state index contributed by atoms with van der Waals surface area (Å²) in [6.07, 6.45) is 0. The summed E-state index contributed by atoms with van der Waals surface area (Å²) in [4.78, 5) is 10.8. The third kappa shape index (κ3) is 3.54. The van der Waals surface area contributed by atoms with Crippen molar-refractivity contribution in [3.63, 3.8) is 0 Å². The summed E-state index contributed by atoms with van der Waals surface area (Å²) >= 11 is 3.30. The van der Waals surface area contributed by atoms with Crippen molar-refractivity contribution in [2.24, 2.45) is 0 Å². The highest BCUT2D eigenvalue weighted by atomic mass is 79.9. The molecule has 0 fully saturated rings. The highest BCUT2D eigenvalue weighted by molar-refractivity contribution is 9.10. The molecule has 1 N–H and O–H groups in total. The molecule has 5 heteroatoms. The Morgan fingerprint density at radius 3 is 2.47 bits per heavy atom. The minimum Gasteiger partial charge on any atom is -0.489 e. The number of aromatic carboxylic acids is 1. The number of halogens is 2. The van der Waals surface area contributed by atoms with Gasteiger partial charge in [-0.3, -0.25) is 0 Å². The van der Waals surface area contributed by atoms with Crippen molar-refractivity contribution in [2.45, 2.75) is 6.61 Å². The molecule has 2 aromatic rings. The molecular formula is C14H10BrFO3. The second-order valence-corrected chi connectivity index (χ2v) is 4.71. The lowest BCUT2D eigenvalue weighted by Crippen LogP contribution is -2.00. The topological polar surface area (TPSA) is 46.5 Å². The summed E-state index contributed by atoms with van der Waals surface area (Å²) < 4.78 is 18.9. The van der Waals surface area contributed by atoms with Gasteiger partial charge in [-0.1, -0.05) is 22.0 Å². The van der Waals surface area contributed by atoms with Crippen LogP contribution in [0.2, 0.25) is 0 Å². The highest BCUT2D eigenvalue weighted by Gasteiger charge is 2.07. The maximum Gasteiger partial charge on any atom is 0.335 e. The van der Waals surface area contributed by atoms with Crippen LogP contribution in [-0.2, 0) is 6.61 Å². The van der Waals surface area contributed by atoms with Crippen LogP contribution in [0.1, 0.15) is 15.9 Å². The fourth-order valence-electron chi connectivity index (χ4n) is 1.49. The van der Waals surface area contributed by atoms with Crippen LogP contribution >= 0.6 is 15.9 Å². The number of hydrogen-bond donors (Lipinski definition) is 1. The number of hydrogen-bond acceptors (Lipinski definition) is 2. The molecule has 98 valence electrons. The second-order valence-electron chi connectivity index (χ2n) is 3.85. The van der Waals surface area contributed by atoms with Gasteiger partial charge in [-0.05, 0) is 36.4 Å². The van der Waals surface area contributed by atoms with Gasteiger partial charge >= 0.3 is 5.97 Å². The largest absolute Gasteiger partial charge is 0.489 e. The van der Waals surface area contributed by atoms with E-state index in [9.17, 15) is 9.18 Å². The molecule has 0 unspecified atom stereocenters. The predicted molar refractivity (Wildman–Crippen MR) is 71.8 cm³/mol. The van der Waals surface area contributed by atoms with Crippen molar-refractivity contribution in [2.75, 3.05) is 0 Å². The van der Waals surface area contributed by atoms with Crippen molar-refractivity contribution in [3.05, 3.63) is 63.9 Å². The monoisotopic (exact) mass is 324 g/mol. The number of rotatable bonds is 4. The summed E-state index contributed by atoms with van der Waals surface area (Å²) in [5.74, 6) is -0.748. The van der Waals surface area contributed by atoms with Crippen LogP contribution in [0.15, 0.2) is 46.9 Å². The Balaban J connectivity index is 2.07. The Kier molecular flexibility index (Phi) is 4.16. The van der Waals surface area contributed by atoms with E-state index in [4.69, 9.17) is 9.84 Å². The van der Waals surface area contributed by atoms with Crippen LogP contribution in [0.5, 0.6) is 5.75 Å². The van der Waals surface area contributed by atoms with Gasteiger partial charge in [-0.15, -0.1) is 0 Å². The molecule has 0 aliphatic heterocycles. The van der Waals surface area contributed by atoms with E-state index in [0.29, 0.717) is 10.2 Å². The quantitative estimate of drug-likeness (QED) is 0.928. The standard InChI is InChI=1S/C14H10BrFO3/c15-13-7-9(14(17)18)1-2-10(13)8-19-12-5-3-11(16)4-6-12/h1-7H,8H2,(H,17,18). The fourth-order valence-corrected chi connectivity index (χ4v) is 1.98. The first kappa shape index (κ1) is 13.5. The molecule has 0 radical (unpaired) electrons. The average Bonchev–Trinajstić information content (AvgIpc) is 2.39. The van der Waals surface area contributed by atoms with Crippen LogP contribution < -0.4 is 4.74 Å². The second kappa shape index (κ2) is 5.84. The molecule has 2 aromatic carbocycles. The minimum absolute atomic E-state index is 0.206. The number of carboxylic acid groups (broad SMARTS) is 1. The van der Waals surface area contributed by atoms with Gasteiger partial charge in [0.05, 0.1) is 5.56 Å². The van der Waals surface area contributed by atoms with Crippen molar-refractivity contribution >= 4 is 21.9 Å². The first-order valence-corrected chi connectivity index (χ1v) is 6.25. The van der Waals surface area contributed by atoms with Gasteiger partial charge in [0.25, 0.3) is 0 Å². The molecule has 3 nitrogen and oxygen atoms in total. The summed E-state index contributed by atoms with van der Waals surface area (Å²) in [6.45, 7) is 0.270. The Morgan fingerprint density at radius 1 is 1.21 bits per heavy atom. The number of benzene rings is 2. The van der Waals surface area contributed by atoms with E-state index in [2.05, 4.69) is 15.9 Å². The zero-order valence-electron chi connectivity index (χ0n) is 9.77. The molecule has 0 saturated heterocycles. The van der Waals surface area contributed by atoms with Gasteiger partial charge < -0.3 is 9.84 Å². The summed E-state index contributed by atoms with van der Waals surface area (Å²) in [5, 5.41) is 8.85. The molecular weight excluding hydrogens is 315 g/mol. The summed E-state index contributed by atoms with van der Waals surface area (Å²) in [5.41, 5.74) is 1.02. The van der Waals surface area contributed by atoms with E-state index in [1.807, 2.05) is 0 Å². The lowest BCUT2D eigenvalue weighted by molar-refractivity contribution is 0.0696. The fraction of sp³-hybridized carbons (Fsp3) is 0.0714. The molecule has 0 spiro atoms. The van der Waals surface area contributed by atoms with Crippen molar-refractivity contribution in [1.29, 1.82) is 0 Å². The summed E-state index contributed by atoms with van der Waals surface area (Å²) in [6, 6.07) is 10.4. The number of carbonyl (C=O) groups is 1. The molecule has 0 atom stereocenters. The summed E-state index contributed by atoms with van der Waals surface area (Å²) in [7, 11) is 0. The van der Waals surface area contributed by atoms with Crippen LogP contribution in [0.3, 0.4) is 0 Å². The Hall–Kier alpha value is -1.88. The molecule has 0 aromatic heterocycles. The maximum absolute atomic E-state index is 12.7. The minimum atomic E-state index is -0.980. The van der Waals surface area contributed by atoms with Crippen LogP contribution in [0.25, 0.3) is 0 Å². The molecule has 0 amide bonds. The van der Waals surface area contributed by atoms with Crippen LogP contribution in [-0.4, -0.2) is 11.1 Å². The molecule has 0 bridgehead atoms. The first-order chi connectivity index (χ1) is 9.06. The van der Waals surface area contributed by atoms with E-state index in [1.165, 1.54) is 36.4 Å². The number of ether oxygens (including phenoxy) is 1. The highest BCUT2D eigenvalue weighted by Crippen LogP contribution is 2.21. The van der Waals surface area contributed by atoms with E-state index in [1.54, 1.807) is 6.07 Å².